The summed E-state index contributed by atoms with van der Waals surface area (Å²) in [6.45, 7) is 3.53. The topological polar surface area (TPSA) is 74.8 Å². The molecular formula is C21H17N3O2S. The number of H-pyrrole nitrogens is 1. The number of aromatic nitrogens is 2. The minimum absolute atomic E-state index is 0.0827. The number of amides is 1. The summed E-state index contributed by atoms with van der Waals surface area (Å²) in [6.07, 6.45) is 1.54. The SMILES string of the molecule is CC(=O)c1c[nH]c(C(=O)Nc2ccc(-c3nc4ccc(C)cc4s3)cc2)c1. The van der Waals surface area contributed by atoms with E-state index in [4.69, 9.17) is 0 Å². The smallest absolute Gasteiger partial charge is 0.272 e. The second-order valence-corrected chi connectivity index (χ2v) is 7.41. The molecule has 0 aliphatic heterocycles. The van der Waals surface area contributed by atoms with Crippen LogP contribution in [0.25, 0.3) is 20.8 Å². The molecule has 0 aliphatic carbocycles. The zero-order chi connectivity index (χ0) is 19.0. The van der Waals surface area contributed by atoms with E-state index >= 15 is 0 Å². The Balaban J connectivity index is 1.52. The number of thiazole rings is 1. The third-order valence-electron chi connectivity index (χ3n) is 4.27. The Morgan fingerprint density at radius 2 is 1.85 bits per heavy atom. The van der Waals surface area contributed by atoms with E-state index in [9.17, 15) is 9.59 Å². The summed E-state index contributed by atoms with van der Waals surface area (Å²) >= 11 is 1.65. The molecule has 5 nitrogen and oxygen atoms in total. The number of aryl methyl sites for hydroxylation is 1. The van der Waals surface area contributed by atoms with Gasteiger partial charge in [0.25, 0.3) is 5.91 Å². The lowest BCUT2D eigenvalue weighted by molar-refractivity contribution is 0.101. The van der Waals surface area contributed by atoms with Crippen LogP contribution in [0.5, 0.6) is 0 Å². The molecular weight excluding hydrogens is 358 g/mol. The van der Waals surface area contributed by atoms with E-state index in [2.05, 4.69) is 34.3 Å². The van der Waals surface area contributed by atoms with Crippen LogP contribution in [-0.2, 0) is 0 Å². The van der Waals surface area contributed by atoms with E-state index in [1.165, 1.54) is 18.7 Å². The Hall–Kier alpha value is -3.25. The van der Waals surface area contributed by atoms with Gasteiger partial charge in [0.2, 0.25) is 0 Å². The van der Waals surface area contributed by atoms with Gasteiger partial charge in [0.15, 0.2) is 5.78 Å². The molecule has 1 amide bonds. The van der Waals surface area contributed by atoms with Gasteiger partial charge in [-0.15, -0.1) is 11.3 Å². The largest absolute Gasteiger partial charge is 0.356 e. The average molecular weight is 375 g/mol. The molecule has 0 fully saturated rings. The van der Waals surface area contributed by atoms with Gasteiger partial charge in [-0.2, -0.15) is 0 Å². The zero-order valence-electron chi connectivity index (χ0n) is 14.9. The Labute approximate surface area is 160 Å². The number of hydrogen-bond donors (Lipinski definition) is 2. The van der Waals surface area contributed by atoms with Crippen molar-refractivity contribution >= 4 is 38.9 Å². The van der Waals surface area contributed by atoms with Gasteiger partial charge in [-0.3, -0.25) is 9.59 Å². The molecule has 0 radical (unpaired) electrons. The molecule has 0 atom stereocenters. The van der Waals surface area contributed by atoms with E-state index in [0.29, 0.717) is 16.9 Å². The van der Waals surface area contributed by atoms with Crippen molar-refractivity contribution in [2.24, 2.45) is 0 Å². The first kappa shape index (κ1) is 17.2. The molecule has 0 unspecified atom stereocenters. The van der Waals surface area contributed by atoms with Crippen LogP contribution in [-0.4, -0.2) is 21.7 Å². The molecule has 0 spiro atoms. The standard InChI is InChI=1S/C21H17N3O2S/c1-12-3-8-17-19(9-12)27-21(24-17)14-4-6-16(7-5-14)23-20(26)18-10-15(11-22-18)13(2)25/h3-11,22H,1-2H3,(H,23,26). The Kier molecular flexibility index (Phi) is 4.33. The van der Waals surface area contributed by atoms with Crippen molar-refractivity contribution in [3.63, 3.8) is 0 Å². The second kappa shape index (κ2) is 6.81. The number of hydrogen-bond acceptors (Lipinski definition) is 4. The number of fused-ring (bicyclic) bond motifs is 1. The Morgan fingerprint density at radius 3 is 2.56 bits per heavy atom. The Bertz CT molecular complexity index is 1160. The number of rotatable bonds is 4. The summed E-state index contributed by atoms with van der Waals surface area (Å²) in [5.74, 6) is -0.369. The van der Waals surface area contributed by atoms with Gasteiger partial charge in [-0.05, 0) is 61.9 Å². The normalized spacial score (nSPS) is 10.9. The third-order valence-corrected chi connectivity index (χ3v) is 5.34. The molecule has 4 aromatic rings. The van der Waals surface area contributed by atoms with Crippen LogP contribution < -0.4 is 5.32 Å². The van der Waals surface area contributed by atoms with Gasteiger partial charge in [0.1, 0.15) is 10.7 Å². The fourth-order valence-electron chi connectivity index (χ4n) is 2.78. The van der Waals surface area contributed by atoms with E-state index in [0.717, 1.165) is 20.8 Å². The van der Waals surface area contributed by atoms with Gasteiger partial charge in [-0.25, -0.2) is 4.98 Å². The van der Waals surface area contributed by atoms with Crippen LogP contribution >= 0.6 is 11.3 Å². The summed E-state index contributed by atoms with van der Waals surface area (Å²) in [7, 11) is 0. The lowest BCUT2D eigenvalue weighted by atomic mass is 10.2. The van der Waals surface area contributed by atoms with Crippen molar-refractivity contribution in [3.8, 4) is 10.6 Å². The van der Waals surface area contributed by atoms with E-state index < -0.39 is 0 Å². The molecule has 2 heterocycles. The molecule has 0 saturated heterocycles. The van der Waals surface area contributed by atoms with Gasteiger partial charge in [0, 0.05) is 23.0 Å². The maximum Gasteiger partial charge on any atom is 0.272 e. The zero-order valence-corrected chi connectivity index (χ0v) is 15.7. The quantitative estimate of drug-likeness (QED) is 0.490. The number of benzene rings is 2. The first-order chi connectivity index (χ1) is 13.0. The average Bonchev–Trinajstić information content (AvgIpc) is 3.29. The highest BCUT2D eigenvalue weighted by Crippen LogP contribution is 2.31. The van der Waals surface area contributed by atoms with Gasteiger partial charge < -0.3 is 10.3 Å². The lowest BCUT2D eigenvalue weighted by Crippen LogP contribution is -2.12. The molecule has 0 aliphatic rings. The van der Waals surface area contributed by atoms with Gasteiger partial charge in [0.05, 0.1) is 10.2 Å². The highest BCUT2D eigenvalue weighted by Gasteiger charge is 2.11. The molecule has 2 aromatic carbocycles. The summed E-state index contributed by atoms with van der Waals surface area (Å²) in [5.41, 5.74) is 4.73. The number of aromatic amines is 1. The molecule has 2 N–H and O–H groups in total. The highest BCUT2D eigenvalue weighted by atomic mass is 32.1. The summed E-state index contributed by atoms with van der Waals surface area (Å²) in [6, 6.07) is 15.4. The summed E-state index contributed by atoms with van der Waals surface area (Å²) in [5, 5.41) is 3.77. The fraction of sp³-hybridized carbons (Fsp3) is 0.0952. The predicted octanol–water partition coefficient (Wildman–Crippen LogP) is 5.05. The summed E-state index contributed by atoms with van der Waals surface area (Å²) in [4.78, 5) is 31.1. The number of anilines is 1. The molecule has 134 valence electrons. The van der Waals surface area contributed by atoms with E-state index in [1.807, 2.05) is 30.3 Å². The van der Waals surface area contributed by atoms with E-state index in [-0.39, 0.29) is 11.7 Å². The Morgan fingerprint density at radius 1 is 1.07 bits per heavy atom. The van der Waals surface area contributed by atoms with Crippen LogP contribution in [0.1, 0.15) is 33.3 Å². The second-order valence-electron chi connectivity index (χ2n) is 6.38. The molecule has 27 heavy (non-hydrogen) atoms. The number of carbonyl (C=O) groups is 2. The minimum atomic E-state index is -0.286. The maximum absolute atomic E-state index is 12.3. The van der Waals surface area contributed by atoms with Crippen LogP contribution in [0.15, 0.2) is 54.7 Å². The first-order valence-corrected chi connectivity index (χ1v) is 9.29. The highest BCUT2D eigenvalue weighted by molar-refractivity contribution is 7.21. The predicted molar refractivity (Wildman–Crippen MR) is 109 cm³/mol. The van der Waals surface area contributed by atoms with Crippen LogP contribution in [0.3, 0.4) is 0 Å². The fourth-order valence-corrected chi connectivity index (χ4v) is 3.85. The monoisotopic (exact) mass is 375 g/mol. The van der Waals surface area contributed by atoms with Crippen LogP contribution in [0.2, 0.25) is 0 Å². The van der Waals surface area contributed by atoms with Crippen LogP contribution in [0.4, 0.5) is 5.69 Å². The lowest BCUT2D eigenvalue weighted by Gasteiger charge is -2.04. The number of nitrogens with one attached hydrogen (secondary N) is 2. The molecule has 6 heteroatoms. The molecule has 4 rings (SSSR count). The van der Waals surface area contributed by atoms with Crippen molar-refractivity contribution in [3.05, 3.63) is 71.5 Å². The number of ketones is 1. The molecule has 2 aromatic heterocycles. The molecule has 0 bridgehead atoms. The number of nitrogens with zero attached hydrogens (tertiary/aromatic N) is 1. The van der Waals surface area contributed by atoms with Crippen molar-refractivity contribution in [1.29, 1.82) is 0 Å². The number of carbonyl (C=O) groups excluding carboxylic acids is 2. The minimum Gasteiger partial charge on any atom is -0.356 e. The van der Waals surface area contributed by atoms with Crippen molar-refractivity contribution in [2.45, 2.75) is 13.8 Å². The van der Waals surface area contributed by atoms with Crippen molar-refractivity contribution in [2.75, 3.05) is 5.32 Å². The number of Topliss-reactive ketones (excluding diaryl/α,β-unsaturated/α-hetero) is 1. The van der Waals surface area contributed by atoms with Gasteiger partial charge >= 0.3 is 0 Å². The van der Waals surface area contributed by atoms with Crippen molar-refractivity contribution < 1.29 is 9.59 Å². The van der Waals surface area contributed by atoms with Gasteiger partial charge in [-0.1, -0.05) is 6.07 Å². The van der Waals surface area contributed by atoms with Crippen LogP contribution in [0, 0.1) is 6.92 Å². The van der Waals surface area contributed by atoms with E-state index in [1.54, 1.807) is 17.4 Å². The maximum atomic E-state index is 12.3. The van der Waals surface area contributed by atoms with Crippen molar-refractivity contribution in [1.82, 2.24) is 9.97 Å². The third kappa shape index (κ3) is 3.52. The molecule has 0 saturated carbocycles. The summed E-state index contributed by atoms with van der Waals surface area (Å²) < 4.78 is 1.16. The first-order valence-electron chi connectivity index (χ1n) is 8.48.